The van der Waals surface area contributed by atoms with E-state index in [0.29, 0.717) is 24.0 Å². The number of carbonyl (C=O) groups is 1. The summed E-state index contributed by atoms with van der Waals surface area (Å²) in [5, 5.41) is 8.43. The molecule has 0 N–H and O–H groups in total. The van der Waals surface area contributed by atoms with Gasteiger partial charge in [0.05, 0.1) is 5.39 Å². The first-order chi connectivity index (χ1) is 14.2. The molecule has 0 atom stereocenters. The maximum absolute atomic E-state index is 12.6. The Morgan fingerprint density at radius 2 is 1.69 bits per heavy atom. The summed E-state index contributed by atoms with van der Waals surface area (Å²) in [7, 11) is 0. The summed E-state index contributed by atoms with van der Waals surface area (Å²) in [5.41, 5.74) is 1.44. The molecule has 148 valence electrons. The van der Waals surface area contributed by atoms with Gasteiger partial charge in [-0.3, -0.25) is 14.5 Å². The summed E-state index contributed by atoms with van der Waals surface area (Å²) in [5.74, 6) is -0.101. The van der Waals surface area contributed by atoms with Crippen molar-refractivity contribution >= 4 is 22.9 Å². The van der Waals surface area contributed by atoms with Crippen molar-refractivity contribution < 1.29 is 4.79 Å². The maximum atomic E-state index is 12.6. The summed E-state index contributed by atoms with van der Waals surface area (Å²) >= 11 is 0. The van der Waals surface area contributed by atoms with E-state index in [1.54, 1.807) is 29.2 Å². The molecule has 2 aromatic carbocycles. The average molecular weight is 389 g/mol. The number of rotatable bonds is 5. The van der Waals surface area contributed by atoms with Gasteiger partial charge in [-0.25, -0.2) is 4.68 Å². The van der Waals surface area contributed by atoms with Crippen molar-refractivity contribution in [3.8, 4) is 0 Å². The highest BCUT2D eigenvalue weighted by molar-refractivity contribution is 5.78. The molecule has 0 bridgehead atoms. The summed E-state index contributed by atoms with van der Waals surface area (Å²) < 4.78 is 1.15. The number of hydrogen-bond acceptors (Lipinski definition) is 5. The van der Waals surface area contributed by atoms with Crippen LogP contribution in [0.4, 0.5) is 0 Å². The van der Waals surface area contributed by atoms with Crippen LogP contribution < -0.4 is 5.56 Å². The van der Waals surface area contributed by atoms with Crippen LogP contribution in [0.2, 0.25) is 0 Å². The molecule has 2 heterocycles. The first-order valence-electron chi connectivity index (χ1n) is 9.75. The Labute approximate surface area is 168 Å². The maximum Gasteiger partial charge on any atom is 0.278 e. The zero-order valence-electron chi connectivity index (χ0n) is 16.1. The Morgan fingerprint density at radius 3 is 2.48 bits per heavy atom. The molecule has 1 amide bonds. The summed E-state index contributed by atoms with van der Waals surface area (Å²) in [6, 6.07) is 17.2. The van der Waals surface area contributed by atoms with Gasteiger partial charge in [-0.2, -0.15) is 0 Å². The number of aromatic nitrogens is 3. The second-order valence-corrected chi connectivity index (χ2v) is 7.06. The number of piperazine rings is 1. The predicted octanol–water partition coefficient (Wildman–Crippen LogP) is 1.65. The molecular formula is C22H23N5O2. The van der Waals surface area contributed by atoms with Crippen molar-refractivity contribution in [1.82, 2.24) is 24.8 Å². The minimum Gasteiger partial charge on any atom is -0.339 e. The molecule has 4 rings (SSSR count). The Balaban J connectivity index is 1.31. The normalized spacial score (nSPS) is 15.2. The van der Waals surface area contributed by atoms with E-state index in [4.69, 9.17) is 0 Å². The van der Waals surface area contributed by atoms with Crippen LogP contribution in [-0.4, -0.2) is 63.4 Å². The monoisotopic (exact) mass is 389 g/mol. The van der Waals surface area contributed by atoms with Gasteiger partial charge in [-0.15, -0.1) is 5.10 Å². The van der Waals surface area contributed by atoms with Gasteiger partial charge in [0.15, 0.2) is 0 Å². The van der Waals surface area contributed by atoms with Crippen LogP contribution in [0.3, 0.4) is 0 Å². The van der Waals surface area contributed by atoms with Crippen molar-refractivity contribution in [2.24, 2.45) is 0 Å². The van der Waals surface area contributed by atoms with Crippen LogP contribution in [0, 0.1) is 0 Å². The smallest absolute Gasteiger partial charge is 0.278 e. The molecule has 0 spiro atoms. The quantitative estimate of drug-likeness (QED) is 0.664. The van der Waals surface area contributed by atoms with Gasteiger partial charge in [0.1, 0.15) is 12.1 Å². The lowest BCUT2D eigenvalue weighted by Gasteiger charge is -2.34. The number of hydrogen-bond donors (Lipinski definition) is 0. The highest BCUT2D eigenvalue weighted by Crippen LogP contribution is 2.06. The highest BCUT2D eigenvalue weighted by Gasteiger charge is 2.21. The molecule has 0 aliphatic carbocycles. The molecular weight excluding hydrogens is 366 g/mol. The Kier molecular flexibility index (Phi) is 5.76. The fraction of sp³-hybridized carbons (Fsp3) is 0.273. The van der Waals surface area contributed by atoms with Gasteiger partial charge in [-0.1, -0.05) is 59.8 Å². The molecule has 1 aliphatic heterocycles. The van der Waals surface area contributed by atoms with Crippen molar-refractivity contribution in [2.45, 2.75) is 6.54 Å². The molecule has 3 aromatic rings. The third-order valence-electron chi connectivity index (χ3n) is 5.11. The number of carbonyl (C=O) groups excluding carboxylic acids is 1. The zero-order chi connectivity index (χ0) is 20.1. The van der Waals surface area contributed by atoms with E-state index in [0.717, 1.165) is 24.3 Å². The fourth-order valence-electron chi connectivity index (χ4n) is 3.44. The van der Waals surface area contributed by atoms with Gasteiger partial charge < -0.3 is 4.90 Å². The summed E-state index contributed by atoms with van der Waals surface area (Å²) in [4.78, 5) is 29.2. The SMILES string of the molecule is O=C(Cn1nnc2ccccc2c1=O)N1CCN(C/C=C/c2ccccc2)CC1. The number of amides is 1. The first-order valence-corrected chi connectivity index (χ1v) is 9.75. The minimum absolute atomic E-state index is 0.0788. The fourth-order valence-corrected chi connectivity index (χ4v) is 3.44. The molecule has 7 nitrogen and oxygen atoms in total. The van der Waals surface area contributed by atoms with Gasteiger partial charge in [-0.05, 0) is 17.7 Å². The molecule has 1 aromatic heterocycles. The van der Waals surface area contributed by atoms with Crippen LogP contribution in [0.25, 0.3) is 17.0 Å². The van der Waals surface area contributed by atoms with Gasteiger partial charge in [0.2, 0.25) is 5.91 Å². The van der Waals surface area contributed by atoms with E-state index in [1.807, 2.05) is 18.2 Å². The third-order valence-corrected chi connectivity index (χ3v) is 5.11. The minimum atomic E-state index is -0.284. The molecule has 1 saturated heterocycles. The van der Waals surface area contributed by atoms with Gasteiger partial charge in [0.25, 0.3) is 5.56 Å². The van der Waals surface area contributed by atoms with Crippen LogP contribution in [0.15, 0.2) is 65.5 Å². The van der Waals surface area contributed by atoms with Crippen LogP contribution >= 0.6 is 0 Å². The molecule has 7 heteroatoms. The zero-order valence-corrected chi connectivity index (χ0v) is 16.1. The molecule has 0 unspecified atom stereocenters. The number of fused-ring (bicyclic) bond motifs is 1. The summed E-state index contributed by atoms with van der Waals surface area (Å²) in [6.45, 7) is 3.69. The van der Waals surface area contributed by atoms with E-state index in [-0.39, 0.29) is 18.0 Å². The molecule has 0 saturated carbocycles. The van der Waals surface area contributed by atoms with Crippen LogP contribution in [0.1, 0.15) is 5.56 Å². The van der Waals surface area contributed by atoms with Crippen molar-refractivity contribution in [3.05, 3.63) is 76.6 Å². The standard InChI is InChI=1S/C22H23N5O2/c28-21(17-27-22(29)19-10-4-5-11-20(19)23-24-27)26-15-13-25(14-16-26)12-6-9-18-7-2-1-3-8-18/h1-11H,12-17H2/b9-6+. The Morgan fingerprint density at radius 1 is 0.966 bits per heavy atom. The van der Waals surface area contributed by atoms with E-state index in [9.17, 15) is 9.59 Å². The van der Waals surface area contributed by atoms with Crippen molar-refractivity contribution in [3.63, 3.8) is 0 Å². The highest BCUT2D eigenvalue weighted by atomic mass is 16.2. The second-order valence-electron chi connectivity index (χ2n) is 7.06. The van der Waals surface area contributed by atoms with Crippen LogP contribution in [0.5, 0.6) is 0 Å². The largest absolute Gasteiger partial charge is 0.339 e. The van der Waals surface area contributed by atoms with Crippen molar-refractivity contribution in [2.75, 3.05) is 32.7 Å². The summed E-state index contributed by atoms with van der Waals surface area (Å²) in [6.07, 6.45) is 4.26. The first kappa shape index (κ1) is 19.0. The van der Waals surface area contributed by atoms with Gasteiger partial charge >= 0.3 is 0 Å². The third kappa shape index (κ3) is 4.57. The Hall–Kier alpha value is -3.32. The van der Waals surface area contributed by atoms with Crippen molar-refractivity contribution in [1.29, 1.82) is 0 Å². The average Bonchev–Trinajstić information content (AvgIpc) is 2.77. The lowest BCUT2D eigenvalue weighted by molar-refractivity contribution is -0.133. The van der Waals surface area contributed by atoms with Gasteiger partial charge in [0, 0.05) is 32.7 Å². The van der Waals surface area contributed by atoms with E-state index >= 15 is 0 Å². The molecule has 1 fully saturated rings. The lowest BCUT2D eigenvalue weighted by atomic mass is 10.2. The molecule has 0 radical (unpaired) electrons. The number of benzene rings is 2. The van der Waals surface area contributed by atoms with E-state index in [1.165, 1.54) is 5.56 Å². The molecule has 29 heavy (non-hydrogen) atoms. The molecule has 1 aliphatic rings. The lowest BCUT2D eigenvalue weighted by Crippen LogP contribution is -2.50. The number of nitrogens with zero attached hydrogens (tertiary/aromatic N) is 5. The second kappa shape index (κ2) is 8.79. The van der Waals surface area contributed by atoms with E-state index in [2.05, 4.69) is 39.5 Å². The Bertz CT molecular complexity index is 1070. The van der Waals surface area contributed by atoms with E-state index < -0.39 is 0 Å². The topological polar surface area (TPSA) is 71.3 Å². The van der Waals surface area contributed by atoms with Crippen LogP contribution in [-0.2, 0) is 11.3 Å². The predicted molar refractivity (Wildman–Crippen MR) is 112 cm³/mol.